The zero-order valence-corrected chi connectivity index (χ0v) is 19.8. The zero-order chi connectivity index (χ0) is 23.7. The van der Waals surface area contributed by atoms with Crippen LogP contribution in [0.4, 0.5) is 0 Å². The van der Waals surface area contributed by atoms with E-state index in [1.54, 1.807) is 0 Å². The number of benzene rings is 1. The molecule has 0 saturated carbocycles. The van der Waals surface area contributed by atoms with Gasteiger partial charge in [-0.1, -0.05) is 51.9 Å². The lowest BCUT2D eigenvalue weighted by atomic mass is 9.99. The molecule has 9 nitrogen and oxygen atoms in total. The Balaban J connectivity index is 2.28. The largest absolute Gasteiger partial charge is 0.463 e. The molecule has 1 fully saturated rings. The third-order valence-corrected chi connectivity index (χ3v) is 6.67. The molecule has 1 aliphatic rings. The molecular formula is C21H26O9S2. The fraction of sp³-hybridized carbons (Fsp3) is 0.524. The van der Waals surface area contributed by atoms with Crippen LogP contribution in [0.5, 0.6) is 0 Å². The molecule has 0 N–H and O–H groups in total. The van der Waals surface area contributed by atoms with Gasteiger partial charge >= 0.3 is 23.9 Å². The fourth-order valence-electron chi connectivity index (χ4n) is 3.01. The molecule has 176 valence electrons. The first-order chi connectivity index (χ1) is 15.2. The van der Waals surface area contributed by atoms with Gasteiger partial charge in [-0.3, -0.25) is 19.2 Å². The zero-order valence-electron chi connectivity index (χ0n) is 18.2. The monoisotopic (exact) mass is 486 g/mol. The Morgan fingerprint density at radius 3 is 1.94 bits per heavy atom. The van der Waals surface area contributed by atoms with Gasteiger partial charge in [-0.15, -0.1) is 0 Å². The molecule has 0 bridgehead atoms. The van der Waals surface area contributed by atoms with Crippen LogP contribution in [0, 0.1) is 0 Å². The fourth-order valence-corrected chi connectivity index (χ4v) is 5.53. The maximum Gasteiger partial charge on any atom is 0.303 e. The molecule has 5 atom stereocenters. The molecule has 1 aromatic carbocycles. The van der Waals surface area contributed by atoms with Crippen LogP contribution in [-0.2, 0) is 48.6 Å². The van der Waals surface area contributed by atoms with E-state index in [4.69, 9.17) is 23.7 Å². The van der Waals surface area contributed by atoms with E-state index < -0.39 is 53.7 Å². The van der Waals surface area contributed by atoms with Crippen LogP contribution in [0.25, 0.3) is 0 Å². The van der Waals surface area contributed by atoms with Crippen molar-refractivity contribution < 1.29 is 42.9 Å². The summed E-state index contributed by atoms with van der Waals surface area (Å²) < 4.78 is 27.3. The summed E-state index contributed by atoms with van der Waals surface area (Å²) in [6.45, 7) is 4.59. The van der Waals surface area contributed by atoms with Crippen LogP contribution < -0.4 is 0 Å². The molecule has 1 aliphatic heterocycles. The summed E-state index contributed by atoms with van der Waals surface area (Å²) in [6.07, 6.45) is -4.28. The highest BCUT2D eigenvalue weighted by atomic mass is 33.1. The summed E-state index contributed by atoms with van der Waals surface area (Å²) in [7, 11) is 2.73. The van der Waals surface area contributed by atoms with Crippen molar-refractivity contribution in [2.75, 3.05) is 6.61 Å². The third kappa shape index (κ3) is 8.36. The van der Waals surface area contributed by atoms with Gasteiger partial charge in [0, 0.05) is 33.4 Å². The van der Waals surface area contributed by atoms with E-state index in [9.17, 15) is 19.2 Å². The normalized spacial score (nSPS) is 24.8. The molecule has 0 unspecified atom stereocenters. The Morgan fingerprint density at radius 1 is 0.812 bits per heavy atom. The summed E-state index contributed by atoms with van der Waals surface area (Å²) >= 11 is 0. The minimum absolute atomic E-state index is 0.238. The molecule has 11 heteroatoms. The third-order valence-electron chi connectivity index (χ3n) is 4.18. The predicted molar refractivity (Wildman–Crippen MR) is 117 cm³/mol. The second-order valence-electron chi connectivity index (χ2n) is 6.91. The van der Waals surface area contributed by atoms with Crippen molar-refractivity contribution in [1.82, 2.24) is 0 Å². The second-order valence-corrected chi connectivity index (χ2v) is 9.38. The van der Waals surface area contributed by atoms with E-state index in [1.807, 2.05) is 30.3 Å². The van der Waals surface area contributed by atoms with Crippen molar-refractivity contribution in [1.29, 1.82) is 0 Å². The SMILES string of the molecule is CC(=O)OC[C@@H]1O[C@@H](SSCc2ccccc2)[C@@H](OC(C)=O)[C@@H](OC(C)=O)[C@@H]1OC(C)=O. The summed E-state index contributed by atoms with van der Waals surface area (Å²) in [5, 5.41) is 0. The first-order valence-electron chi connectivity index (χ1n) is 9.80. The predicted octanol–water partition coefficient (Wildman–Crippen LogP) is 2.65. The quantitative estimate of drug-likeness (QED) is 0.291. The van der Waals surface area contributed by atoms with Gasteiger partial charge in [0.25, 0.3) is 0 Å². The van der Waals surface area contributed by atoms with E-state index in [0.717, 1.165) is 5.56 Å². The Bertz CT molecular complexity index is 802. The van der Waals surface area contributed by atoms with Crippen molar-refractivity contribution >= 4 is 45.5 Å². The Kier molecular flexibility index (Phi) is 10.3. The van der Waals surface area contributed by atoms with Crippen LogP contribution in [0.3, 0.4) is 0 Å². The highest BCUT2D eigenvalue weighted by molar-refractivity contribution is 8.76. The standard InChI is InChI=1S/C21H26O9S2/c1-12(22)26-10-17-18(27-13(2)23)19(28-14(3)24)20(29-15(4)25)21(30-17)32-31-11-16-8-6-5-7-9-16/h5-9,17-21H,10-11H2,1-4H3/t17-,18+,19-,20-,21-/m0/s1. The van der Waals surface area contributed by atoms with Crippen molar-refractivity contribution in [3.8, 4) is 0 Å². The van der Waals surface area contributed by atoms with Crippen molar-refractivity contribution in [3.05, 3.63) is 35.9 Å². The second kappa shape index (κ2) is 12.7. The average molecular weight is 487 g/mol. The number of rotatable bonds is 9. The van der Waals surface area contributed by atoms with Gasteiger partial charge in [-0.25, -0.2) is 0 Å². The van der Waals surface area contributed by atoms with Gasteiger partial charge < -0.3 is 23.7 Å². The molecule has 2 rings (SSSR count). The summed E-state index contributed by atoms with van der Waals surface area (Å²) in [4.78, 5) is 46.7. The first-order valence-corrected chi connectivity index (χ1v) is 12.2. The summed E-state index contributed by atoms with van der Waals surface area (Å²) in [5.74, 6) is -1.84. The molecule has 0 amide bonds. The minimum Gasteiger partial charge on any atom is -0.463 e. The van der Waals surface area contributed by atoms with E-state index in [0.29, 0.717) is 5.75 Å². The lowest BCUT2D eigenvalue weighted by Gasteiger charge is -2.43. The summed E-state index contributed by atoms with van der Waals surface area (Å²) in [5.41, 5.74) is 0.292. The van der Waals surface area contributed by atoms with Crippen molar-refractivity contribution in [3.63, 3.8) is 0 Å². The van der Waals surface area contributed by atoms with Gasteiger partial charge in [-0.05, 0) is 5.56 Å². The van der Waals surface area contributed by atoms with Crippen LogP contribution in [0.2, 0.25) is 0 Å². The van der Waals surface area contributed by atoms with E-state index in [-0.39, 0.29) is 6.61 Å². The maximum absolute atomic E-state index is 11.8. The first kappa shape index (κ1) is 26.0. The van der Waals surface area contributed by atoms with Gasteiger partial charge in [0.1, 0.15) is 12.7 Å². The van der Waals surface area contributed by atoms with E-state index in [1.165, 1.54) is 49.3 Å². The molecule has 0 radical (unpaired) electrons. The highest BCUT2D eigenvalue weighted by Crippen LogP contribution is 2.40. The topological polar surface area (TPSA) is 114 Å². The molecular weight excluding hydrogens is 460 g/mol. The molecule has 1 saturated heterocycles. The Labute approximate surface area is 194 Å². The van der Waals surface area contributed by atoms with Gasteiger partial charge in [0.2, 0.25) is 0 Å². The minimum atomic E-state index is -1.15. The van der Waals surface area contributed by atoms with Crippen LogP contribution in [-0.4, -0.2) is 60.3 Å². The maximum atomic E-state index is 11.8. The van der Waals surface area contributed by atoms with Crippen molar-refractivity contribution in [2.45, 2.75) is 63.3 Å². The van der Waals surface area contributed by atoms with Crippen LogP contribution in [0.1, 0.15) is 33.3 Å². The van der Waals surface area contributed by atoms with Gasteiger partial charge in [0.05, 0.1) is 0 Å². The van der Waals surface area contributed by atoms with Gasteiger partial charge in [-0.2, -0.15) is 0 Å². The molecule has 1 heterocycles. The Morgan fingerprint density at radius 2 is 1.38 bits per heavy atom. The number of carbonyl (C=O) groups is 4. The molecule has 1 aromatic rings. The highest BCUT2D eigenvalue weighted by Gasteiger charge is 2.52. The lowest BCUT2D eigenvalue weighted by molar-refractivity contribution is -0.237. The van der Waals surface area contributed by atoms with E-state index in [2.05, 4.69) is 0 Å². The number of esters is 4. The smallest absolute Gasteiger partial charge is 0.303 e. The van der Waals surface area contributed by atoms with Crippen LogP contribution >= 0.6 is 21.6 Å². The van der Waals surface area contributed by atoms with E-state index >= 15 is 0 Å². The number of hydrogen-bond acceptors (Lipinski definition) is 11. The Hall–Kier alpha value is -2.24. The summed E-state index contributed by atoms with van der Waals surface area (Å²) in [6, 6.07) is 9.71. The number of hydrogen-bond donors (Lipinski definition) is 0. The average Bonchev–Trinajstić information content (AvgIpc) is 2.70. The lowest BCUT2D eigenvalue weighted by Crippen LogP contribution is -2.61. The molecule has 0 spiro atoms. The molecule has 0 aromatic heterocycles. The van der Waals surface area contributed by atoms with Crippen LogP contribution in [0.15, 0.2) is 30.3 Å². The number of ether oxygens (including phenoxy) is 5. The molecule has 0 aliphatic carbocycles. The molecule has 32 heavy (non-hydrogen) atoms. The van der Waals surface area contributed by atoms with Gasteiger partial charge in [0.15, 0.2) is 23.7 Å². The number of carbonyl (C=O) groups excluding carboxylic acids is 4. The van der Waals surface area contributed by atoms with Crippen molar-refractivity contribution in [2.24, 2.45) is 0 Å².